The van der Waals surface area contributed by atoms with Gasteiger partial charge in [0.2, 0.25) is 5.91 Å². The van der Waals surface area contributed by atoms with Gasteiger partial charge in [0.15, 0.2) is 0 Å². The van der Waals surface area contributed by atoms with Crippen molar-refractivity contribution in [3.63, 3.8) is 0 Å². The van der Waals surface area contributed by atoms with Gasteiger partial charge in [0.05, 0.1) is 11.6 Å². The fourth-order valence-corrected chi connectivity index (χ4v) is 2.07. The smallest absolute Gasteiger partial charge is 0.219 e. The van der Waals surface area contributed by atoms with Gasteiger partial charge in [-0.05, 0) is 35.4 Å². The van der Waals surface area contributed by atoms with Crippen molar-refractivity contribution in [2.45, 2.75) is 20.0 Å². The molecular weight excluding hydrogens is 274 g/mol. The van der Waals surface area contributed by atoms with Crippen molar-refractivity contribution in [3.05, 3.63) is 65.2 Å². The van der Waals surface area contributed by atoms with Gasteiger partial charge in [0, 0.05) is 32.7 Å². The van der Waals surface area contributed by atoms with Crippen LogP contribution in [-0.4, -0.2) is 17.9 Å². The summed E-state index contributed by atoms with van der Waals surface area (Å²) in [5.41, 5.74) is 3.88. The highest BCUT2D eigenvalue weighted by molar-refractivity contribution is 5.72. The van der Waals surface area contributed by atoms with E-state index in [0.717, 1.165) is 16.8 Å². The number of anilines is 1. The first kappa shape index (κ1) is 15.6. The molecule has 4 heteroatoms. The molecule has 0 saturated heterocycles. The van der Waals surface area contributed by atoms with Gasteiger partial charge in [0.25, 0.3) is 0 Å². The number of nitriles is 1. The number of nitrogens with zero attached hydrogens (tertiary/aromatic N) is 2. The van der Waals surface area contributed by atoms with Crippen molar-refractivity contribution in [2.75, 3.05) is 12.4 Å². The molecule has 1 amide bonds. The number of amides is 1. The van der Waals surface area contributed by atoms with E-state index in [0.29, 0.717) is 18.7 Å². The van der Waals surface area contributed by atoms with Crippen LogP contribution >= 0.6 is 0 Å². The fraction of sp³-hybridized carbons (Fsp3) is 0.222. The van der Waals surface area contributed by atoms with Crippen molar-refractivity contribution >= 4 is 11.6 Å². The summed E-state index contributed by atoms with van der Waals surface area (Å²) in [5.74, 6) is 0.0518. The van der Waals surface area contributed by atoms with Crippen molar-refractivity contribution < 1.29 is 4.79 Å². The third kappa shape index (κ3) is 4.35. The van der Waals surface area contributed by atoms with Gasteiger partial charge in [-0.25, -0.2) is 0 Å². The normalized spacial score (nSPS) is 9.86. The molecule has 1 N–H and O–H groups in total. The highest BCUT2D eigenvalue weighted by Gasteiger charge is 2.04. The summed E-state index contributed by atoms with van der Waals surface area (Å²) in [6.45, 7) is 2.85. The lowest BCUT2D eigenvalue weighted by molar-refractivity contribution is -0.128. The Balaban J connectivity index is 1.98. The minimum absolute atomic E-state index is 0.0518. The Hall–Kier alpha value is -2.80. The molecule has 0 radical (unpaired) electrons. The summed E-state index contributed by atoms with van der Waals surface area (Å²) in [6, 6.07) is 17.7. The first-order chi connectivity index (χ1) is 10.6. The Bertz CT molecular complexity index is 686. The molecule has 0 saturated carbocycles. The number of hydrogen-bond donors (Lipinski definition) is 1. The number of hydrogen-bond acceptors (Lipinski definition) is 3. The number of carbonyl (C=O) groups excluding carboxylic acids is 1. The van der Waals surface area contributed by atoms with E-state index in [-0.39, 0.29) is 5.91 Å². The van der Waals surface area contributed by atoms with Crippen molar-refractivity contribution in [3.8, 4) is 6.07 Å². The number of nitrogens with one attached hydrogen (secondary N) is 1. The maximum atomic E-state index is 11.3. The van der Waals surface area contributed by atoms with Crippen LogP contribution in [0.1, 0.15) is 23.6 Å². The maximum Gasteiger partial charge on any atom is 0.219 e. The second-order valence-electron chi connectivity index (χ2n) is 5.24. The van der Waals surface area contributed by atoms with Gasteiger partial charge in [-0.1, -0.05) is 24.3 Å². The van der Waals surface area contributed by atoms with Crippen molar-refractivity contribution in [1.29, 1.82) is 5.26 Å². The number of rotatable bonds is 5. The van der Waals surface area contributed by atoms with Gasteiger partial charge in [-0.15, -0.1) is 0 Å². The predicted octanol–water partition coefficient (Wildman–Crippen LogP) is 3.15. The molecule has 0 aliphatic rings. The summed E-state index contributed by atoms with van der Waals surface area (Å²) in [5, 5.41) is 12.1. The predicted molar refractivity (Wildman–Crippen MR) is 87.1 cm³/mol. The zero-order valence-electron chi connectivity index (χ0n) is 12.8. The van der Waals surface area contributed by atoms with Crippen LogP contribution in [0.2, 0.25) is 0 Å². The second-order valence-corrected chi connectivity index (χ2v) is 5.24. The standard InChI is InChI=1S/C18H19N3O/c1-14(22)21(2)13-17-4-3-5-18(10-17)20-12-16-8-6-15(11-19)7-9-16/h3-10,20H,12-13H2,1-2H3. The second kappa shape index (κ2) is 7.28. The molecule has 112 valence electrons. The van der Waals surface area contributed by atoms with Gasteiger partial charge in [-0.3, -0.25) is 4.79 Å². The molecule has 0 fully saturated rings. The summed E-state index contributed by atoms with van der Waals surface area (Å²) < 4.78 is 0. The van der Waals surface area contributed by atoms with E-state index >= 15 is 0 Å². The number of benzene rings is 2. The lowest BCUT2D eigenvalue weighted by atomic mass is 10.1. The van der Waals surface area contributed by atoms with Crippen LogP contribution in [0.5, 0.6) is 0 Å². The molecule has 0 aromatic heterocycles. The Labute approximate surface area is 131 Å². The summed E-state index contributed by atoms with van der Waals surface area (Å²) in [4.78, 5) is 13.0. The summed E-state index contributed by atoms with van der Waals surface area (Å²) in [6.07, 6.45) is 0. The van der Waals surface area contributed by atoms with Crippen LogP contribution in [0.4, 0.5) is 5.69 Å². The molecule has 0 aliphatic heterocycles. The van der Waals surface area contributed by atoms with E-state index in [1.807, 2.05) is 48.5 Å². The van der Waals surface area contributed by atoms with Crippen LogP contribution in [0, 0.1) is 11.3 Å². The van der Waals surface area contributed by atoms with Gasteiger partial charge < -0.3 is 10.2 Å². The zero-order chi connectivity index (χ0) is 15.9. The molecule has 2 aromatic carbocycles. The topological polar surface area (TPSA) is 56.1 Å². The fourth-order valence-electron chi connectivity index (χ4n) is 2.07. The minimum Gasteiger partial charge on any atom is -0.381 e. The van der Waals surface area contributed by atoms with Crippen LogP contribution < -0.4 is 5.32 Å². The summed E-state index contributed by atoms with van der Waals surface area (Å²) in [7, 11) is 1.79. The molecule has 0 aliphatic carbocycles. The molecule has 0 heterocycles. The number of carbonyl (C=O) groups is 1. The lowest BCUT2D eigenvalue weighted by Crippen LogP contribution is -2.22. The van der Waals surface area contributed by atoms with Crippen LogP contribution in [-0.2, 0) is 17.9 Å². The lowest BCUT2D eigenvalue weighted by Gasteiger charge is -2.15. The molecule has 2 aromatic rings. The molecule has 4 nitrogen and oxygen atoms in total. The first-order valence-corrected chi connectivity index (χ1v) is 7.12. The van der Waals surface area contributed by atoms with Crippen molar-refractivity contribution in [2.24, 2.45) is 0 Å². The molecule has 0 atom stereocenters. The molecule has 22 heavy (non-hydrogen) atoms. The van der Waals surface area contributed by atoms with E-state index in [1.165, 1.54) is 0 Å². The Morgan fingerprint density at radius 2 is 1.91 bits per heavy atom. The van der Waals surface area contributed by atoms with Gasteiger partial charge in [-0.2, -0.15) is 5.26 Å². The maximum absolute atomic E-state index is 11.3. The average molecular weight is 293 g/mol. The SMILES string of the molecule is CC(=O)N(C)Cc1cccc(NCc2ccc(C#N)cc2)c1. The Morgan fingerprint density at radius 3 is 2.55 bits per heavy atom. The monoisotopic (exact) mass is 293 g/mol. The molecular formula is C18H19N3O. The van der Waals surface area contributed by atoms with Crippen molar-refractivity contribution in [1.82, 2.24) is 4.90 Å². The van der Waals surface area contributed by atoms with E-state index in [1.54, 1.807) is 18.9 Å². The summed E-state index contributed by atoms with van der Waals surface area (Å²) >= 11 is 0. The average Bonchev–Trinajstić information content (AvgIpc) is 2.53. The van der Waals surface area contributed by atoms with Crippen LogP contribution in [0.3, 0.4) is 0 Å². The van der Waals surface area contributed by atoms with E-state index in [4.69, 9.17) is 5.26 Å². The third-order valence-corrected chi connectivity index (χ3v) is 3.46. The quantitative estimate of drug-likeness (QED) is 0.921. The minimum atomic E-state index is 0.0518. The molecule has 0 spiro atoms. The molecule has 0 bridgehead atoms. The molecule has 0 unspecified atom stereocenters. The molecule has 2 rings (SSSR count). The Morgan fingerprint density at radius 1 is 1.18 bits per heavy atom. The van der Waals surface area contributed by atoms with Crippen LogP contribution in [0.15, 0.2) is 48.5 Å². The Kier molecular flexibility index (Phi) is 5.16. The zero-order valence-corrected chi connectivity index (χ0v) is 12.8. The van der Waals surface area contributed by atoms with E-state index < -0.39 is 0 Å². The largest absolute Gasteiger partial charge is 0.381 e. The highest BCUT2D eigenvalue weighted by Crippen LogP contribution is 2.14. The first-order valence-electron chi connectivity index (χ1n) is 7.12. The van der Waals surface area contributed by atoms with E-state index in [2.05, 4.69) is 11.4 Å². The highest BCUT2D eigenvalue weighted by atomic mass is 16.2. The van der Waals surface area contributed by atoms with Gasteiger partial charge >= 0.3 is 0 Å². The van der Waals surface area contributed by atoms with Crippen LogP contribution in [0.25, 0.3) is 0 Å². The van der Waals surface area contributed by atoms with Gasteiger partial charge in [0.1, 0.15) is 0 Å². The van der Waals surface area contributed by atoms with E-state index in [9.17, 15) is 4.79 Å². The third-order valence-electron chi connectivity index (χ3n) is 3.46.